The highest BCUT2D eigenvalue weighted by atomic mass is 35.5. The van der Waals surface area contributed by atoms with Gasteiger partial charge in [-0.05, 0) is 49.1 Å². The molecular formula is C15H17ClN2. The lowest BCUT2D eigenvalue weighted by Gasteiger charge is -2.14. The normalized spacial score (nSPS) is 12.4. The number of aryl methyl sites for hydroxylation is 2. The van der Waals surface area contributed by atoms with Gasteiger partial charge < -0.3 is 5.73 Å². The van der Waals surface area contributed by atoms with Crippen molar-refractivity contribution in [3.05, 3.63) is 63.9 Å². The molecule has 3 heteroatoms. The summed E-state index contributed by atoms with van der Waals surface area (Å²) in [6.07, 6.45) is 2.48. The summed E-state index contributed by atoms with van der Waals surface area (Å²) in [5.41, 5.74) is 10.5. The van der Waals surface area contributed by atoms with Crippen molar-refractivity contribution in [2.24, 2.45) is 5.73 Å². The fraction of sp³-hybridized carbons (Fsp3) is 0.267. The summed E-state index contributed by atoms with van der Waals surface area (Å²) in [5.74, 6) is 0. The van der Waals surface area contributed by atoms with Gasteiger partial charge in [0.1, 0.15) is 0 Å². The molecule has 0 aliphatic carbocycles. The summed E-state index contributed by atoms with van der Waals surface area (Å²) in [4.78, 5) is 4.35. The summed E-state index contributed by atoms with van der Waals surface area (Å²) in [5, 5.41) is 0.777. The fourth-order valence-corrected chi connectivity index (χ4v) is 2.35. The zero-order chi connectivity index (χ0) is 13.1. The van der Waals surface area contributed by atoms with Crippen LogP contribution in [0.1, 0.15) is 28.4 Å². The Morgan fingerprint density at radius 3 is 2.72 bits per heavy atom. The van der Waals surface area contributed by atoms with Crippen LogP contribution in [0.25, 0.3) is 0 Å². The highest BCUT2D eigenvalue weighted by Gasteiger charge is 2.12. The minimum atomic E-state index is -0.119. The van der Waals surface area contributed by atoms with Crippen LogP contribution in [-0.2, 0) is 6.42 Å². The number of hydrogen-bond acceptors (Lipinski definition) is 2. The average molecular weight is 261 g/mol. The third kappa shape index (κ3) is 2.89. The predicted molar refractivity (Wildman–Crippen MR) is 75.8 cm³/mol. The molecule has 0 bridgehead atoms. The van der Waals surface area contributed by atoms with Crippen LogP contribution in [0.15, 0.2) is 36.5 Å². The standard InChI is InChI=1S/C15H17ClN2/c1-10-5-6-12(13(16)8-10)9-14(17)15-11(2)4-3-7-18-15/h3-8,14H,9,17H2,1-2H3. The van der Waals surface area contributed by atoms with E-state index in [2.05, 4.69) is 11.1 Å². The number of benzene rings is 1. The Bertz CT molecular complexity index is 552. The van der Waals surface area contributed by atoms with E-state index >= 15 is 0 Å². The van der Waals surface area contributed by atoms with E-state index in [1.54, 1.807) is 6.20 Å². The summed E-state index contributed by atoms with van der Waals surface area (Å²) < 4.78 is 0. The Hall–Kier alpha value is -1.38. The molecule has 0 radical (unpaired) electrons. The van der Waals surface area contributed by atoms with Gasteiger partial charge in [-0.15, -0.1) is 0 Å². The number of aromatic nitrogens is 1. The van der Waals surface area contributed by atoms with Gasteiger partial charge in [-0.2, -0.15) is 0 Å². The molecule has 2 rings (SSSR count). The lowest BCUT2D eigenvalue weighted by Crippen LogP contribution is -2.16. The molecule has 2 N–H and O–H groups in total. The number of nitrogens with zero attached hydrogens (tertiary/aromatic N) is 1. The second kappa shape index (κ2) is 5.51. The number of hydrogen-bond donors (Lipinski definition) is 1. The van der Waals surface area contributed by atoms with Crippen LogP contribution in [0.4, 0.5) is 0 Å². The molecule has 1 atom stereocenters. The van der Waals surface area contributed by atoms with Crippen molar-refractivity contribution in [3.8, 4) is 0 Å². The zero-order valence-corrected chi connectivity index (χ0v) is 11.4. The summed E-state index contributed by atoms with van der Waals surface area (Å²) in [7, 11) is 0. The van der Waals surface area contributed by atoms with Crippen molar-refractivity contribution < 1.29 is 0 Å². The van der Waals surface area contributed by atoms with Crippen molar-refractivity contribution in [1.82, 2.24) is 4.98 Å². The van der Waals surface area contributed by atoms with Crippen LogP contribution in [0.3, 0.4) is 0 Å². The molecule has 2 aromatic rings. The first-order valence-corrected chi connectivity index (χ1v) is 6.38. The van der Waals surface area contributed by atoms with Gasteiger partial charge in [-0.3, -0.25) is 4.98 Å². The van der Waals surface area contributed by atoms with Crippen LogP contribution in [0.2, 0.25) is 5.02 Å². The molecule has 1 aromatic carbocycles. The van der Waals surface area contributed by atoms with Gasteiger partial charge in [0.15, 0.2) is 0 Å². The molecule has 1 aromatic heterocycles. The van der Waals surface area contributed by atoms with E-state index in [9.17, 15) is 0 Å². The fourth-order valence-electron chi connectivity index (χ4n) is 2.04. The lowest BCUT2D eigenvalue weighted by atomic mass is 10.00. The highest BCUT2D eigenvalue weighted by molar-refractivity contribution is 6.31. The maximum atomic E-state index is 6.22. The Kier molecular flexibility index (Phi) is 4.00. The summed E-state index contributed by atoms with van der Waals surface area (Å²) >= 11 is 6.22. The molecule has 0 spiro atoms. The van der Waals surface area contributed by atoms with Gasteiger partial charge >= 0.3 is 0 Å². The highest BCUT2D eigenvalue weighted by Crippen LogP contribution is 2.23. The Morgan fingerprint density at radius 2 is 2.06 bits per heavy atom. The molecule has 0 saturated heterocycles. The topological polar surface area (TPSA) is 38.9 Å². The first-order chi connectivity index (χ1) is 8.58. The van der Waals surface area contributed by atoms with Gasteiger partial charge in [-0.1, -0.05) is 29.8 Å². The minimum absolute atomic E-state index is 0.119. The van der Waals surface area contributed by atoms with Gasteiger partial charge in [0, 0.05) is 11.2 Å². The van der Waals surface area contributed by atoms with E-state index in [1.807, 2.05) is 38.1 Å². The molecule has 1 unspecified atom stereocenters. The average Bonchev–Trinajstić information content (AvgIpc) is 2.33. The Labute approximate surface area is 113 Å². The van der Waals surface area contributed by atoms with E-state index < -0.39 is 0 Å². The number of pyridine rings is 1. The maximum absolute atomic E-state index is 6.22. The molecule has 2 nitrogen and oxygen atoms in total. The van der Waals surface area contributed by atoms with Crippen molar-refractivity contribution in [2.75, 3.05) is 0 Å². The first kappa shape index (κ1) is 13.1. The second-order valence-electron chi connectivity index (χ2n) is 4.61. The molecule has 0 aliphatic rings. The monoisotopic (exact) mass is 260 g/mol. The zero-order valence-electron chi connectivity index (χ0n) is 10.7. The van der Waals surface area contributed by atoms with E-state index in [4.69, 9.17) is 17.3 Å². The van der Waals surface area contributed by atoms with E-state index in [1.165, 1.54) is 0 Å². The van der Waals surface area contributed by atoms with Crippen LogP contribution in [-0.4, -0.2) is 4.98 Å². The smallest absolute Gasteiger partial charge is 0.0603 e. The Balaban J connectivity index is 2.21. The summed E-state index contributed by atoms with van der Waals surface area (Å²) in [6.45, 7) is 4.05. The van der Waals surface area contributed by atoms with Crippen LogP contribution >= 0.6 is 11.6 Å². The molecule has 0 aliphatic heterocycles. The van der Waals surface area contributed by atoms with Gasteiger partial charge in [0.2, 0.25) is 0 Å². The molecular weight excluding hydrogens is 244 g/mol. The first-order valence-electron chi connectivity index (χ1n) is 6.00. The van der Waals surface area contributed by atoms with Gasteiger partial charge in [-0.25, -0.2) is 0 Å². The number of rotatable bonds is 3. The van der Waals surface area contributed by atoms with Crippen molar-refractivity contribution in [2.45, 2.75) is 26.3 Å². The molecule has 0 fully saturated rings. The third-order valence-electron chi connectivity index (χ3n) is 3.05. The van der Waals surface area contributed by atoms with Crippen molar-refractivity contribution in [1.29, 1.82) is 0 Å². The Morgan fingerprint density at radius 1 is 1.28 bits per heavy atom. The van der Waals surface area contributed by atoms with Crippen LogP contribution in [0, 0.1) is 13.8 Å². The minimum Gasteiger partial charge on any atom is -0.322 e. The lowest BCUT2D eigenvalue weighted by molar-refractivity contribution is 0.690. The van der Waals surface area contributed by atoms with Crippen molar-refractivity contribution in [3.63, 3.8) is 0 Å². The molecule has 1 heterocycles. The SMILES string of the molecule is Cc1ccc(CC(N)c2ncccc2C)c(Cl)c1. The van der Waals surface area contributed by atoms with Crippen LogP contribution < -0.4 is 5.73 Å². The molecule has 18 heavy (non-hydrogen) atoms. The van der Waals surface area contributed by atoms with Crippen LogP contribution in [0.5, 0.6) is 0 Å². The second-order valence-corrected chi connectivity index (χ2v) is 5.02. The summed E-state index contributed by atoms with van der Waals surface area (Å²) in [6, 6.07) is 9.89. The third-order valence-corrected chi connectivity index (χ3v) is 3.40. The van der Waals surface area contributed by atoms with E-state index in [0.29, 0.717) is 6.42 Å². The molecule has 0 saturated carbocycles. The molecule has 94 valence electrons. The van der Waals surface area contributed by atoms with Gasteiger partial charge in [0.05, 0.1) is 11.7 Å². The van der Waals surface area contributed by atoms with E-state index in [-0.39, 0.29) is 6.04 Å². The maximum Gasteiger partial charge on any atom is 0.0603 e. The van der Waals surface area contributed by atoms with E-state index in [0.717, 1.165) is 27.4 Å². The van der Waals surface area contributed by atoms with Gasteiger partial charge in [0.25, 0.3) is 0 Å². The number of nitrogens with two attached hydrogens (primary N) is 1. The van der Waals surface area contributed by atoms with Crippen molar-refractivity contribution >= 4 is 11.6 Å². The largest absolute Gasteiger partial charge is 0.322 e. The molecule has 0 amide bonds. The number of halogens is 1. The predicted octanol–water partition coefficient (Wildman–Crippen LogP) is 3.59. The quantitative estimate of drug-likeness (QED) is 0.916.